The molecule has 0 saturated carbocycles. The van der Waals surface area contributed by atoms with Crippen molar-refractivity contribution in [3.63, 3.8) is 0 Å². The van der Waals surface area contributed by atoms with Crippen molar-refractivity contribution < 1.29 is 4.79 Å². The number of piperidine rings is 1. The number of halogens is 2. The van der Waals surface area contributed by atoms with Gasteiger partial charge in [0.1, 0.15) is 0 Å². The highest BCUT2D eigenvalue weighted by Gasteiger charge is 2.24. The Balaban J connectivity index is 2.12. The first-order valence-corrected chi connectivity index (χ1v) is 6.87. The molecule has 0 radical (unpaired) electrons. The molecule has 5 heteroatoms. The topological polar surface area (TPSA) is 29.1 Å². The first-order valence-electron chi connectivity index (χ1n) is 4.88. The van der Waals surface area contributed by atoms with Crippen LogP contribution in [0.3, 0.4) is 0 Å². The molecule has 1 aliphatic heterocycles. The maximum absolute atomic E-state index is 12.1. The number of thiophene rings is 1. The third-order valence-electron chi connectivity index (χ3n) is 2.60. The van der Waals surface area contributed by atoms with Gasteiger partial charge in [-0.1, -0.05) is 11.6 Å². The van der Waals surface area contributed by atoms with Gasteiger partial charge in [-0.3, -0.25) is 4.79 Å². The van der Waals surface area contributed by atoms with Crippen molar-refractivity contribution in [2.24, 2.45) is 5.92 Å². The Labute approximate surface area is 106 Å². The Bertz CT molecular complexity index is 354. The number of hydrogen-bond acceptors (Lipinski definition) is 3. The van der Waals surface area contributed by atoms with Gasteiger partial charge in [-0.15, -0.1) is 11.3 Å². The lowest BCUT2D eigenvalue weighted by molar-refractivity contribution is 0.0899. The number of ketones is 1. The van der Waals surface area contributed by atoms with Crippen molar-refractivity contribution in [3.8, 4) is 0 Å². The monoisotopic (exact) mass is 307 g/mol. The molecule has 2 rings (SSSR count). The maximum Gasteiger partial charge on any atom is 0.176 e. The molecule has 1 saturated heterocycles. The minimum atomic E-state index is 0.174. The van der Waals surface area contributed by atoms with Gasteiger partial charge in [0.05, 0.1) is 13.7 Å². The van der Waals surface area contributed by atoms with Gasteiger partial charge in [-0.25, -0.2) is 0 Å². The lowest BCUT2D eigenvalue weighted by Gasteiger charge is -2.20. The van der Waals surface area contributed by atoms with Gasteiger partial charge < -0.3 is 5.32 Å². The second-order valence-corrected chi connectivity index (χ2v) is 6.40. The standard InChI is InChI=1S/C10H11BrClNOS/c11-10-7(12)5-8(15-10)9(14)6-1-3-13-4-2-6/h5-6,13H,1-4H2. The van der Waals surface area contributed by atoms with E-state index in [4.69, 9.17) is 11.6 Å². The molecule has 0 aromatic carbocycles. The highest BCUT2D eigenvalue weighted by molar-refractivity contribution is 9.11. The fraction of sp³-hybridized carbons (Fsp3) is 0.500. The van der Waals surface area contributed by atoms with E-state index in [9.17, 15) is 4.79 Å². The summed E-state index contributed by atoms with van der Waals surface area (Å²) in [6.07, 6.45) is 1.87. The molecular formula is C10H11BrClNOS. The van der Waals surface area contributed by atoms with Crippen molar-refractivity contribution in [1.29, 1.82) is 0 Å². The average molecular weight is 309 g/mol. The Morgan fingerprint density at radius 3 is 2.73 bits per heavy atom. The highest BCUT2D eigenvalue weighted by atomic mass is 79.9. The number of nitrogens with one attached hydrogen (secondary N) is 1. The molecule has 0 unspecified atom stereocenters. The van der Waals surface area contributed by atoms with Crippen LogP contribution in [0.4, 0.5) is 0 Å². The van der Waals surface area contributed by atoms with Crippen molar-refractivity contribution in [3.05, 3.63) is 19.8 Å². The van der Waals surface area contributed by atoms with E-state index in [0.29, 0.717) is 5.02 Å². The van der Waals surface area contributed by atoms with Crippen LogP contribution in [0, 0.1) is 5.92 Å². The summed E-state index contributed by atoms with van der Waals surface area (Å²) < 4.78 is 0.849. The van der Waals surface area contributed by atoms with Gasteiger partial charge in [0.2, 0.25) is 0 Å². The van der Waals surface area contributed by atoms with Crippen LogP contribution in [0.5, 0.6) is 0 Å². The minimum Gasteiger partial charge on any atom is -0.317 e. The van der Waals surface area contributed by atoms with Crippen LogP contribution in [-0.4, -0.2) is 18.9 Å². The molecule has 1 aliphatic rings. The summed E-state index contributed by atoms with van der Waals surface area (Å²) in [6.45, 7) is 1.88. The fourth-order valence-electron chi connectivity index (χ4n) is 1.75. The Morgan fingerprint density at radius 1 is 1.53 bits per heavy atom. The SMILES string of the molecule is O=C(c1cc(Cl)c(Br)s1)C1CCNCC1. The van der Waals surface area contributed by atoms with Crippen LogP contribution in [0.15, 0.2) is 9.85 Å². The summed E-state index contributed by atoms with van der Waals surface area (Å²) in [6, 6.07) is 1.76. The summed E-state index contributed by atoms with van der Waals surface area (Å²) in [5.74, 6) is 0.418. The predicted molar refractivity (Wildman–Crippen MR) is 67.0 cm³/mol. The van der Waals surface area contributed by atoms with Crippen LogP contribution in [0.2, 0.25) is 5.02 Å². The van der Waals surface area contributed by atoms with Crippen LogP contribution in [0.1, 0.15) is 22.5 Å². The number of Topliss-reactive ketones (excluding diaryl/α,β-unsaturated/α-hetero) is 1. The Hall–Kier alpha value is 0.1000. The van der Waals surface area contributed by atoms with Crippen LogP contribution >= 0.6 is 38.9 Å². The Kier molecular flexibility index (Phi) is 3.83. The highest BCUT2D eigenvalue weighted by Crippen LogP contribution is 2.34. The molecule has 15 heavy (non-hydrogen) atoms. The molecular weight excluding hydrogens is 298 g/mol. The van der Waals surface area contributed by atoms with Gasteiger partial charge in [0.15, 0.2) is 5.78 Å². The van der Waals surface area contributed by atoms with E-state index in [2.05, 4.69) is 21.2 Å². The molecule has 1 N–H and O–H groups in total. The van der Waals surface area contributed by atoms with Gasteiger partial charge in [-0.05, 0) is 47.9 Å². The van der Waals surface area contributed by atoms with Gasteiger partial charge in [0.25, 0.3) is 0 Å². The first kappa shape index (κ1) is 11.6. The quantitative estimate of drug-likeness (QED) is 0.849. The van der Waals surface area contributed by atoms with E-state index in [0.717, 1.165) is 34.6 Å². The normalized spacial score (nSPS) is 18.0. The average Bonchev–Trinajstić information content (AvgIpc) is 2.59. The van der Waals surface area contributed by atoms with E-state index in [1.165, 1.54) is 11.3 Å². The largest absolute Gasteiger partial charge is 0.317 e. The first-order chi connectivity index (χ1) is 7.18. The fourth-order valence-corrected chi connectivity index (χ4v) is 3.47. The number of hydrogen-bond donors (Lipinski definition) is 1. The van der Waals surface area contributed by atoms with Crippen molar-refractivity contribution in [2.75, 3.05) is 13.1 Å². The second kappa shape index (κ2) is 4.95. The van der Waals surface area contributed by atoms with Gasteiger partial charge >= 0.3 is 0 Å². The van der Waals surface area contributed by atoms with E-state index in [-0.39, 0.29) is 11.7 Å². The summed E-state index contributed by atoms with van der Waals surface area (Å²) in [5, 5.41) is 3.89. The molecule has 0 bridgehead atoms. The van der Waals surface area contributed by atoms with Gasteiger partial charge in [0, 0.05) is 5.92 Å². The lowest BCUT2D eigenvalue weighted by Crippen LogP contribution is -2.31. The van der Waals surface area contributed by atoms with Crippen molar-refractivity contribution in [1.82, 2.24) is 5.32 Å². The van der Waals surface area contributed by atoms with Crippen molar-refractivity contribution >= 4 is 44.7 Å². The third kappa shape index (κ3) is 2.61. The number of carbonyl (C=O) groups excluding carboxylic acids is 1. The van der Waals surface area contributed by atoms with Crippen LogP contribution in [0.25, 0.3) is 0 Å². The van der Waals surface area contributed by atoms with Gasteiger partial charge in [-0.2, -0.15) is 0 Å². The molecule has 82 valence electrons. The molecule has 0 spiro atoms. The van der Waals surface area contributed by atoms with Crippen LogP contribution in [-0.2, 0) is 0 Å². The zero-order chi connectivity index (χ0) is 10.8. The lowest BCUT2D eigenvalue weighted by atomic mass is 9.93. The van der Waals surface area contributed by atoms with E-state index < -0.39 is 0 Å². The summed E-state index contributed by atoms with van der Waals surface area (Å²) in [5.41, 5.74) is 0. The maximum atomic E-state index is 12.1. The summed E-state index contributed by atoms with van der Waals surface area (Å²) in [7, 11) is 0. The second-order valence-electron chi connectivity index (χ2n) is 3.62. The summed E-state index contributed by atoms with van der Waals surface area (Å²) in [4.78, 5) is 12.8. The minimum absolute atomic E-state index is 0.174. The molecule has 2 heterocycles. The molecule has 1 fully saturated rings. The number of carbonyl (C=O) groups is 1. The van der Waals surface area contributed by atoms with Crippen LogP contribution < -0.4 is 5.32 Å². The molecule has 0 atom stereocenters. The molecule has 0 aliphatic carbocycles. The smallest absolute Gasteiger partial charge is 0.176 e. The molecule has 1 aromatic rings. The molecule has 1 aromatic heterocycles. The number of rotatable bonds is 2. The van der Waals surface area contributed by atoms with E-state index in [1.54, 1.807) is 6.07 Å². The predicted octanol–water partition coefficient (Wildman–Crippen LogP) is 3.35. The molecule has 0 amide bonds. The van der Waals surface area contributed by atoms with E-state index >= 15 is 0 Å². The third-order valence-corrected chi connectivity index (χ3v) is 5.09. The summed E-state index contributed by atoms with van der Waals surface area (Å²) >= 11 is 10.7. The Morgan fingerprint density at radius 2 is 2.20 bits per heavy atom. The zero-order valence-corrected chi connectivity index (χ0v) is 11.2. The zero-order valence-electron chi connectivity index (χ0n) is 8.06. The van der Waals surface area contributed by atoms with Crippen molar-refractivity contribution in [2.45, 2.75) is 12.8 Å². The van der Waals surface area contributed by atoms with E-state index in [1.807, 2.05) is 0 Å². The molecule has 2 nitrogen and oxygen atoms in total.